The van der Waals surface area contributed by atoms with Gasteiger partial charge in [0.25, 0.3) is 0 Å². The van der Waals surface area contributed by atoms with Gasteiger partial charge in [-0.05, 0) is 17.7 Å². The van der Waals surface area contributed by atoms with Gasteiger partial charge in [0.05, 0.1) is 17.1 Å². The minimum absolute atomic E-state index is 0.0435. The zero-order chi connectivity index (χ0) is 18.4. The third-order valence-corrected chi connectivity index (χ3v) is 5.34. The summed E-state index contributed by atoms with van der Waals surface area (Å²) < 4.78 is 29.8. The van der Waals surface area contributed by atoms with Gasteiger partial charge in [-0.15, -0.1) is 5.10 Å². The average Bonchev–Trinajstić information content (AvgIpc) is 3.09. The minimum Gasteiger partial charge on any atom is -0.408 e. The van der Waals surface area contributed by atoms with Crippen molar-refractivity contribution in [3.05, 3.63) is 72.1 Å². The predicted octanol–water partition coefficient (Wildman–Crippen LogP) is 2.27. The van der Waals surface area contributed by atoms with Crippen LogP contribution in [-0.4, -0.2) is 30.3 Å². The standard InChI is InChI=1S/C18H17N3O4S/c22-16(13-14-7-3-1-4-8-14)19-18-21-20-17(25-18)11-12-26(23,24)15-9-5-2-6-10-15/h1-10H,11-13H2,(H,19,21,22). The van der Waals surface area contributed by atoms with Crippen LogP contribution in [0.5, 0.6) is 0 Å². The maximum Gasteiger partial charge on any atom is 0.322 e. The van der Waals surface area contributed by atoms with Crippen LogP contribution in [0.2, 0.25) is 0 Å². The normalized spacial score (nSPS) is 11.2. The molecule has 3 aromatic rings. The first-order valence-electron chi connectivity index (χ1n) is 7.97. The van der Waals surface area contributed by atoms with Gasteiger partial charge in [-0.3, -0.25) is 10.1 Å². The van der Waals surface area contributed by atoms with Crippen LogP contribution in [0, 0.1) is 0 Å². The van der Waals surface area contributed by atoms with Gasteiger partial charge in [0.15, 0.2) is 9.84 Å². The van der Waals surface area contributed by atoms with Crippen molar-refractivity contribution in [1.29, 1.82) is 0 Å². The molecule has 0 spiro atoms. The SMILES string of the molecule is O=C(Cc1ccccc1)Nc1nnc(CCS(=O)(=O)c2ccccc2)o1. The first kappa shape index (κ1) is 17.8. The van der Waals surface area contributed by atoms with Crippen LogP contribution in [0.15, 0.2) is 70.0 Å². The minimum atomic E-state index is -3.43. The van der Waals surface area contributed by atoms with Crippen LogP contribution in [0.1, 0.15) is 11.5 Å². The third kappa shape index (κ3) is 4.76. The van der Waals surface area contributed by atoms with Crippen molar-refractivity contribution < 1.29 is 17.6 Å². The van der Waals surface area contributed by atoms with Crippen LogP contribution in [0.4, 0.5) is 6.01 Å². The molecule has 8 heteroatoms. The number of aromatic nitrogens is 2. The highest BCUT2D eigenvalue weighted by Gasteiger charge is 2.17. The quantitative estimate of drug-likeness (QED) is 0.683. The summed E-state index contributed by atoms with van der Waals surface area (Å²) in [6.45, 7) is 0. The third-order valence-electron chi connectivity index (χ3n) is 3.61. The summed E-state index contributed by atoms with van der Waals surface area (Å²) in [7, 11) is -3.43. The Labute approximate surface area is 151 Å². The van der Waals surface area contributed by atoms with E-state index in [-0.39, 0.29) is 41.3 Å². The van der Waals surface area contributed by atoms with E-state index in [2.05, 4.69) is 15.5 Å². The Morgan fingerprint density at radius 3 is 2.31 bits per heavy atom. The Morgan fingerprint density at radius 1 is 0.962 bits per heavy atom. The van der Waals surface area contributed by atoms with E-state index in [1.807, 2.05) is 30.3 Å². The summed E-state index contributed by atoms with van der Waals surface area (Å²) in [6, 6.07) is 17.4. The lowest BCUT2D eigenvalue weighted by Gasteiger charge is -2.02. The van der Waals surface area contributed by atoms with Crippen LogP contribution in [-0.2, 0) is 27.5 Å². The van der Waals surface area contributed by atoms with E-state index in [4.69, 9.17) is 4.42 Å². The Kier molecular flexibility index (Phi) is 5.43. The van der Waals surface area contributed by atoms with Crippen LogP contribution < -0.4 is 5.32 Å². The second-order valence-electron chi connectivity index (χ2n) is 5.59. The number of rotatable bonds is 7. The molecule has 1 heterocycles. The molecule has 0 fully saturated rings. The molecule has 0 saturated heterocycles. The number of nitrogens with zero attached hydrogens (tertiary/aromatic N) is 2. The molecule has 134 valence electrons. The topological polar surface area (TPSA) is 102 Å². The second kappa shape index (κ2) is 7.92. The number of hydrogen-bond acceptors (Lipinski definition) is 6. The van der Waals surface area contributed by atoms with Gasteiger partial charge in [-0.25, -0.2) is 8.42 Å². The highest BCUT2D eigenvalue weighted by atomic mass is 32.2. The molecule has 0 radical (unpaired) electrons. The van der Waals surface area contributed by atoms with E-state index in [0.717, 1.165) is 5.56 Å². The summed E-state index contributed by atoms with van der Waals surface area (Å²) in [4.78, 5) is 12.2. The fourth-order valence-electron chi connectivity index (χ4n) is 2.32. The summed E-state index contributed by atoms with van der Waals surface area (Å²) in [5, 5.41) is 10.0. The zero-order valence-electron chi connectivity index (χ0n) is 13.8. The average molecular weight is 371 g/mol. The summed E-state index contributed by atoms with van der Waals surface area (Å²) in [5.41, 5.74) is 0.860. The van der Waals surface area contributed by atoms with Crippen molar-refractivity contribution in [2.45, 2.75) is 17.7 Å². The first-order chi connectivity index (χ1) is 12.5. The van der Waals surface area contributed by atoms with Gasteiger partial charge >= 0.3 is 6.01 Å². The van der Waals surface area contributed by atoms with Gasteiger partial charge in [-0.1, -0.05) is 53.6 Å². The Morgan fingerprint density at radius 2 is 1.62 bits per heavy atom. The number of nitrogens with one attached hydrogen (secondary N) is 1. The molecule has 1 N–H and O–H groups in total. The van der Waals surface area contributed by atoms with Crippen molar-refractivity contribution in [2.75, 3.05) is 11.1 Å². The molecule has 1 aromatic heterocycles. The summed E-state index contributed by atoms with van der Waals surface area (Å²) >= 11 is 0. The number of amides is 1. The molecule has 26 heavy (non-hydrogen) atoms. The second-order valence-corrected chi connectivity index (χ2v) is 7.70. The molecular weight excluding hydrogens is 354 g/mol. The highest BCUT2D eigenvalue weighted by Crippen LogP contribution is 2.13. The Balaban J connectivity index is 1.56. The van der Waals surface area contributed by atoms with Crippen molar-refractivity contribution >= 4 is 21.8 Å². The van der Waals surface area contributed by atoms with E-state index in [9.17, 15) is 13.2 Å². The number of benzene rings is 2. The van der Waals surface area contributed by atoms with Crippen molar-refractivity contribution in [1.82, 2.24) is 10.2 Å². The lowest BCUT2D eigenvalue weighted by Crippen LogP contribution is -2.14. The number of sulfone groups is 1. The van der Waals surface area contributed by atoms with E-state index >= 15 is 0 Å². The number of carbonyl (C=O) groups is 1. The molecule has 0 aliphatic heterocycles. The van der Waals surface area contributed by atoms with E-state index in [1.54, 1.807) is 30.3 Å². The highest BCUT2D eigenvalue weighted by molar-refractivity contribution is 7.91. The fraction of sp³-hybridized carbons (Fsp3) is 0.167. The van der Waals surface area contributed by atoms with Gasteiger partial charge in [-0.2, -0.15) is 0 Å². The van der Waals surface area contributed by atoms with Gasteiger partial charge < -0.3 is 4.42 Å². The number of aryl methyl sites for hydroxylation is 1. The predicted molar refractivity (Wildman–Crippen MR) is 95.3 cm³/mol. The first-order valence-corrected chi connectivity index (χ1v) is 9.62. The molecule has 0 bridgehead atoms. The lowest BCUT2D eigenvalue weighted by atomic mass is 10.1. The zero-order valence-corrected chi connectivity index (χ0v) is 14.6. The molecule has 0 atom stereocenters. The van der Waals surface area contributed by atoms with Crippen LogP contribution in [0.3, 0.4) is 0 Å². The Hall–Kier alpha value is -3.00. The van der Waals surface area contributed by atoms with E-state index in [0.29, 0.717) is 0 Å². The number of hydrogen-bond donors (Lipinski definition) is 1. The van der Waals surface area contributed by atoms with Gasteiger partial charge in [0.2, 0.25) is 11.8 Å². The molecular formula is C18H17N3O4S. The van der Waals surface area contributed by atoms with Crippen molar-refractivity contribution in [3.63, 3.8) is 0 Å². The largest absolute Gasteiger partial charge is 0.408 e. The Bertz CT molecular complexity index is 970. The monoisotopic (exact) mass is 371 g/mol. The molecule has 2 aromatic carbocycles. The smallest absolute Gasteiger partial charge is 0.322 e. The van der Waals surface area contributed by atoms with Crippen LogP contribution >= 0.6 is 0 Å². The van der Waals surface area contributed by atoms with Crippen LogP contribution in [0.25, 0.3) is 0 Å². The molecule has 0 aliphatic carbocycles. The maximum absolute atomic E-state index is 12.2. The van der Waals surface area contributed by atoms with Gasteiger partial charge in [0.1, 0.15) is 0 Å². The molecule has 1 amide bonds. The van der Waals surface area contributed by atoms with Crippen molar-refractivity contribution in [2.24, 2.45) is 0 Å². The fourth-order valence-corrected chi connectivity index (χ4v) is 3.57. The summed E-state index contributed by atoms with van der Waals surface area (Å²) in [6.07, 6.45) is 0.250. The maximum atomic E-state index is 12.2. The molecule has 0 unspecified atom stereocenters. The molecule has 7 nitrogen and oxygen atoms in total. The molecule has 0 saturated carbocycles. The van der Waals surface area contributed by atoms with Crippen molar-refractivity contribution in [3.8, 4) is 0 Å². The van der Waals surface area contributed by atoms with Gasteiger partial charge in [0, 0.05) is 6.42 Å². The molecule has 3 rings (SSSR count). The number of carbonyl (C=O) groups excluding carboxylic acids is 1. The lowest BCUT2D eigenvalue weighted by molar-refractivity contribution is -0.115. The number of anilines is 1. The molecule has 0 aliphatic rings. The van der Waals surface area contributed by atoms with E-state index in [1.165, 1.54) is 0 Å². The summed E-state index contributed by atoms with van der Waals surface area (Å²) in [5.74, 6) is -0.292. The van der Waals surface area contributed by atoms with E-state index < -0.39 is 9.84 Å².